The number of carbonyl (C=O) groups excluding carboxylic acids is 1. The highest BCUT2D eigenvalue weighted by Gasteiger charge is 2.40. The minimum atomic E-state index is -4.79. The Bertz CT molecular complexity index is 1390. The number of hydrogen-bond donors (Lipinski definition) is 0. The van der Waals surface area contributed by atoms with Crippen molar-refractivity contribution in [3.8, 4) is 11.5 Å². The van der Waals surface area contributed by atoms with Crippen molar-refractivity contribution >= 4 is 24.9 Å². The van der Waals surface area contributed by atoms with Crippen LogP contribution >= 0.6 is 0 Å². The molecule has 224 valence electrons. The van der Waals surface area contributed by atoms with Crippen LogP contribution in [0, 0.1) is 17.0 Å². The molecule has 1 aliphatic rings. The van der Waals surface area contributed by atoms with Gasteiger partial charge in [0.2, 0.25) is 0 Å². The molecule has 3 heterocycles. The number of ether oxygens (including phenoxy) is 3. The van der Waals surface area contributed by atoms with Crippen molar-refractivity contribution in [3.05, 3.63) is 53.4 Å². The monoisotopic (exact) mass is 598 g/mol. The van der Waals surface area contributed by atoms with Crippen molar-refractivity contribution in [3.63, 3.8) is 0 Å². The predicted octanol–water partition coefficient (Wildman–Crippen LogP) is 7.75. The molecule has 1 aromatic carbocycles. The van der Waals surface area contributed by atoms with Gasteiger partial charge in [-0.3, -0.25) is 4.79 Å². The molecule has 6 nitrogen and oxygen atoms in total. The molecular weight excluding hydrogens is 563 g/mol. The third-order valence-electron chi connectivity index (χ3n) is 7.14. The highest BCUT2D eigenvalue weighted by atomic mass is 28.3. The van der Waals surface area contributed by atoms with Gasteiger partial charge < -0.3 is 18.8 Å². The Morgan fingerprint density at radius 3 is 2.44 bits per heavy atom. The molecule has 4 rings (SSSR count). The molecule has 1 fully saturated rings. The van der Waals surface area contributed by atoms with Gasteiger partial charge in [0.05, 0.1) is 23.7 Å². The second-order valence-electron chi connectivity index (χ2n) is 12.4. The number of aromatic nitrogens is 2. The summed E-state index contributed by atoms with van der Waals surface area (Å²) in [5.74, 6) is -3.76. The summed E-state index contributed by atoms with van der Waals surface area (Å²) in [7, 11) is -1.41. The first-order valence-electron chi connectivity index (χ1n) is 13.5. The molecule has 0 N–H and O–H groups in total. The van der Waals surface area contributed by atoms with Crippen LogP contribution in [0.2, 0.25) is 25.7 Å². The SMILES string of the molecule is CC1(C)COC1CCC(=O)Cc1cc(F)c(Oc2ccnc3c2c(C(F)(F)F)cn3COCC[Si](C)(C)C)c(F)c1. The van der Waals surface area contributed by atoms with Gasteiger partial charge in [-0.25, -0.2) is 13.8 Å². The number of halogens is 5. The first kappa shape index (κ1) is 31.1. The first-order chi connectivity index (χ1) is 19.0. The lowest BCUT2D eigenvalue weighted by Gasteiger charge is -2.44. The van der Waals surface area contributed by atoms with E-state index < -0.39 is 48.3 Å². The van der Waals surface area contributed by atoms with Gasteiger partial charge in [-0.1, -0.05) is 33.5 Å². The van der Waals surface area contributed by atoms with E-state index in [0.717, 1.165) is 30.4 Å². The van der Waals surface area contributed by atoms with E-state index in [0.29, 0.717) is 19.6 Å². The summed E-state index contributed by atoms with van der Waals surface area (Å²) in [6.07, 6.45) is -2.25. The van der Waals surface area contributed by atoms with Crippen LogP contribution in [0.3, 0.4) is 0 Å². The van der Waals surface area contributed by atoms with Gasteiger partial charge >= 0.3 is 6.18 Å². The maximum Gasteiger partial charge on any atom is 0.418 e. The zero-order valence-corrected chi connectivity index (χ0v) is 24.8. The largest absolute Gasteiger partial charge is 0.450 e. The number of hydrogen-bond acceptors (Lipinski definition) is 5. The normalized spacial score (nSPS) is 17.1. The number of fused-ring (bicyclic) bond motifs is 1. The Labute approximate surface area is 236 Å². The van der Waals surface area contributed by atoms with Crippen molar-refractivity contribution in [2.24, 2.45) is 5.41 Å². The molecule has 1 atom stereocenters. The van der Waals surface area contributed by atoms with Crippen molar-refractivity contribution in [2.75, 3.05) is 13.2 Å². The fourth-order valence-corrected chi connectivity index (χ4v) is 5.42. The van der Waals surface area contributed by atoms with Crippen molar-refractivity contribution in [1.82, 2.24) is 9.55 Å². The number of rotatable bonds is 12. The summed E-state index contributed by atoms with van der Waals surface area (Å²) in [5, 5.41) is -0.437. The van der Waals surface area contributed by atoms with Crippen molar-refractivity contribution in [1.29, 1.82) is 0 Å². The molecule has 1 unspecified atom stereocenters. The topological polar surface area (TPSA) is 62.6 Å². The summed E-state index contributed by atoms with van der Waals surface area (Å²) in [5.41, 5.74) is -1.07. The number of Topliss-reactive ketones (excluding diaryl/α,β-unsaturated/α-hetero) is 1. The standard InChI is InChI=1S/C29H35F5N2O4Si/c1-28(2)16-39-24(28)7-6-19(37)12-18-13-21(30)26(22(31)14-18)40-23-8-9-35-27-25(23)20(29(32,33)34)15-36(27)17-38-10-11-41(3,4)5/h8-9,13-15,24H,6-7,10-12,16-17H2,1-5H3. The number of carbonyl (C=O) groups is 1. The molecule has 1 saturated heterocycles. The first-order valence-corrected chi connectivity index (χ1v) is 17.2. The fourth-order valence-electron chi connectivity index (χ4n) is 4.66. The summed E-state index contributed by atoms with van der Waals surface area (Å²) in [4.78, 5) is 16.5. The number of benzene rings is 1. The molecule has 12 heteroatoms. The van der Waals surface area contributed by atoms with Crippen LogP contribution in [0.5, 0.6) is 11.5 Å². The number of pyridine rings is 1. The van der Waals surface area contributed by atoms with Crippen LogP contribution in [0.1, 0.15) is 37.8 Å². The van der Waals surface area contributed by atoms with Gasteiger partial charge in [-0.05, 0) is 36.2 Å². The van der Waals surface area contributed by atoms with Gasteiger partial charge in [0, 0.05) is 45.3 Å². The molecule has 0 radical (unpaired) electrons. The smallest absolute Gasteiger partial charge is 0.418 e. The van der Waals surface area contributed by atoms with Crippen molar-refractivity contribution < 1.29 is 41.0 Å². The van der Waals surface area contributed by atoms with Gasteiger partial charge in [0.25, 0.3) is 0 Å². The lowest BCUT2D eigenvalue weighted by molar-refractivity contribution is -0.171. The Morgan fingerprint density at radius 2 is 1.88 bits per heavy atom. The highest BCUT2D eigenvalue weighted by molar-refractivity contribution is 6.76. The minimum absolute atomic E-state index is 0.0104. The summed E-state index contributed by atoms with van der Waals surface area (Å²) >= 11 is 0. The van der Waals surface area contributed by atoms with Crippen LogP contribution in [-0.2, 0) is 33.6 Å². The maximum atomic E-state index is 15.0. The summed E-state index contributed by atoms with van der Waals surface area (Å²) < 4.78 is 89.7. The second kappa shape index (κ2) is 11.8. The van der Waals surface area contributed by atoms with E-state index in [1.807, 2.05) is 13.8 Å². The van der Waals surface area contributed by atoms with Gasteiger partial charge in [0.15, 0.2) is 17.4 Å². The molecule has 0 spiro atoms. The molecule has 0 saturated carbocycles. The zero-order valence-electron chi connectivity index (χ0n) is 23.8. The van der Waals surface area contributed by atoms with Crippen LogP contribution in [-0.4, -0.2) is 42.7 Å². The van der Waals surface area contributed by atoms with Gasteiger partial charge in [-0.15, -0.1) is 0 Å². The van der Waals surface area contributed by atoms with Gasteiger partial charge in [-0.2, -0.15) is 13.2 Å². The van der Waals surface area contributed by atoms with Gasteiger partial charge in [0.1, 0.15) is 23.9 Å². The summed E-state index contributed by atoms with van der Waals surface area (Å²) in [6, 6.07) is 3.86. The number of nitrogens with zero attached hydrogens (tertiary/aromatic N) is 2. The molecule has 1 aliphatic heterocycles. The fraction of sp³-hybridized carbons (Fsp3) is 0.517. The summed E-state index contributed by atoms with van der Waals surface area (Å²) in [6.45, 7) is 11.4. The molecular formula is C29H35F5N2O4Si. The quantitative estimate of drug-likeness (QED) is 0.121. The van der Waals surface area contributed by atoms with E-state index in [2.05, 4.69) is 24.6 Å². The van der Waals surface area contributed by atoms with Crippen LogP contribution in [0.15, 0.2) is 30.6 Å². The number of ketones is 1. The maximum absolute atomic E-state index is 15.0. The van der Waals surface area contributed by atoms with E-state index >= 15 is 8.78 Å². The molecule has 2 aromatic heterocycles. The van der Waals surface area contributed by atoms with E-state index in [4.69, 9.17) is 14.2 Å². The molecule has 41 heavy (non-hydrogen) atoms. The zero-order chi connectivity index (χ0) is 30.2. The number of alkyl halides is 3. The second-order valence-corrected chi connectivity index (χ2v) is 18.0. The van der Waals surface area contributed by atoms with E-state index in [9.17, 15) is 18.0 Å². The Morgan fingerprint density at radius 1 is 1.20 bits per heavy atom. The Hall–Kier alpha value is -2.83. The molecule has 0 amide bonds. The van der Waals surface area contributed by atoms with Crippen LogP contribution < -0.4 is 4.74 Å². The lowest BCUT2D eigenvalue weighted by Crippen LogP contribution is -2.47. The highest BCUT2D eigenvalue weighted by Crippen LogP contribution is 2.42. The Kier molecular flexibility index (Phi) is 8.96. The molecule has 3 aromatic rings. The lowest BCUT2D eigenvalue weighted by atomic mass is 9.80. The van der Waals surface area contributed by atoms with E-state index in [1.54, 1.807) is 0 Å². The van der Waals surface area contributed by atoms with Crippen molar-refractivity contribution in [2.45, 2.75) is 77.8 Å². The third-order valence-corrected chi connectivity index (χ3v) is 8.84. The third kappa shape index (κ3) is 7.52. The average molecular weight is 599 g/mol. The minimum Gasteiger partial charge on any atom is -0.450 e. The molecule has 0 aliphatic carbocycles. The average Bonchev–Trinajstić information content (AvgIpc) is 3.23. The van der Waals surface area contributed by atoms with E-state index in [-0.39, 0.29) is 48.1 Å². The van der Waals surface area contributed by atoms with Crippen LogP contribution in [0.25, 0.3) is 11.0 Å². The van der Waals surface area contributed by atoms with Crippen LogP contribution in [0.4, 0.5) is 22.0 Å². The Balaban J connectivity index is 1.54. The predicted molar refractivity (Wildman–Crippen MR) is 147 cm³/mol. The van der Waals surface area contributed by atoms with E-state index in [1.165, 1.54) is 10.8 Å². The molecule has 0 bridgehead atoms.